The van der Waals surface area contributed by atoms with Crippen LogP contribution < -0.4 is 0 Å². The Hall–Kier alpha value is -1.03. The fraction of sp³-hybridized carbons (Fsp3) is 0.500. The summed E-state index contributed by atoms with van der Waals surface area (Å²) in [5.41, 5.74) is 2.21. The fourth-order valence-corrected chi connectivity index (χ4v) is 5.07. The van der Waals surface area contributed by atoms with E-state index in [9.17, 15) is 4.79 Å². The number of benzene rings is 1. The molecule has 4 aliphatic heterocycles. The number of carbonyl (C=O) groups is 1. The Morgan fingerprint density at radius 1 is 1.35 bits per heavy atom. The molecule has 3 nitrogen and oxygen atoms in total. The molecule has 5 heteroatoms. The monoisotopic (exact) mass is 351 g/mol. The number of hydrogen-bond acceptors (Lipinski definition) is 3. The van der Waals surface area contributed by atoms with Gasteiger partial charge in [-0.1, -0.05) is 47.0 Å². The number of carbonyl (C=O) groups excluding carboxylic acids is 1. The predicted molar refractivity (Wildman–Crippen MR) is 91.6 cm³/mol. The molecule has 5 atom stereocenters. The number of rotatable bonds is 2. The molecule has 0 saturated carbocycles. The van der Waals surface area contributed by atoms with E-state index in [1.807, 2.05) is 12.1 Å². The maximum absolute atomic E-state index is 12.3. The second-order valence-corrected chi connectivity index (χ2v) is 7.51. The zero-order chi connectivity index (χ0) is 16.1. The van der Waals surface area contributed by atoms with Gasteiger partial charge >= 0.3 is 5.97 Å². The first-order chi connectivity index (χ1) is 11.1. The Labute approximate surface area is 146 Å². The standard InChI is InChI=1S/C18H19Cl2NO2/c1-23-18(22)16-13-8-12-5-6-15(16)21(12)9-11(13)7-10-3-2-4-14(19)17(10)20/h2-4,7,12-13,15-16H,5-6,8-9H2,1H3/b11-7+. The summed E-state index contributed by atoms with van der Waals surface area (Å²) in [7, 11) is 1.49. The van der Waals surface area contributed by atoms with Gasteiger partial charge in [-0.05, 0) is 36.8 Å². The van der Waals surface area contributed by atoms with Crippen molar-refractivity contribution in [2.75, 3.05) is 13.7 Å². The molecule has 4 saturated heterocycles. The third-order valence-electron chi connectivity index (χ3n) is 5.70. The molecular formula is C18H19Cl2NO2. The maximum Gasteiger partial charge on any atom is 0.310 e. The van der Waals surface area contributed by atoms with E-state index in [0.29, 0.717) is 22.1 Å². The van der Waals surface area contributed by atoms with Crippen LogP contribution in [0.15, 0.2) is 23.8 Å². The highest BCUT2D eigenvalue weighted by Crippen LogP contribution is 2.51. The van der Waals surface area contributed by atoms with Crippen molar-refractivity contribution in [1.29, 1.82) is 0 Å². The minimum atomic E-state index is -0.0758. The number of halogens is 2. The van der Waals surface area contributed by atoms with Gasteiger partial charge in [0.1, 0.15) is 0 Å². The topological polar surface area (TPSA) is 29.5 Å². The molecule has 0 amide bonds. The second kappa shape index (κ2) is 5.80. The summed E-state index contributed by atoms with van der Waals surface area (Å²) in [4.78, 5) is 14.8. The zero-order valence-electron chi connectivity index (χ0n) is 13.0. The lowest BCUT2D eigenvalue weighted by Gasteiger charge is -2.50. The van der Waals surface area contributed by atoms with E-state index in [2.05, 4.69) is 11.0 Å². The molecule has 4 heterocycles. The zero-order valence-corrected chi connectivity index (χ0v) is 14.5. The van der Waals surface area contributed by atoms with Gasteiger partial charge in [0.05, 0.1) is 23.1 Å². The quantitative estimate of drug-likeness (QED) is 0.753. The first kappa shape index (κ1) is 15.5. The van der Waals surface area contributed by atoms with Crippen molar-refractivity contribution in [3.63, 3.8) is 0 Å². The maximum atomic E-state index is 12.3. The summed E-state index contributed by atoms with van der Waals surface area (Å²) in [6.07, 6.45) is 5.46. The summed E-state index contributed by atoms with van der Waals surface area (Å²) in [5, 5.41) is 1.14. The molecule has 1 aromatic carbocycles. The van der Waals surface area contributed by atoms with Crippen molar-refractivity contribution in [2.45, 2.75) is 31.3 Å². The Morgan fingerprint density at radius 3 is 2.96 bits per heavy atom. The Balaban J connectivity index is 1.72. The number of nitrogens with zero attached hydrogens (tertiary/aromatic N) is 1. The van der Waals surface area contributed by atoms with Crippen LogP contribution in [0.1, 0.15) is 24.8 Å². The molecule has 5 rings (SSSR count). The lowest BCUT2D eigenvalue weighted by molar-refractivity contribution is -0.153. The number of hydrogen-bond donors (Lipinski definition) is 0. The van der Waals surface area contributed by atoms with E-state index in [4.69, 9.17) is 27.9 Å². The summed E-state index contributed by atoms with van der Waals surface area (Å²) in [6.45, 7) is 0.927. The number of esters is 1. The van der Waals surface area contributed by atoms with Crippen LogP contribution in [0, 0.1) is 11.8 Å². The van der Waals surface area contributed by atoms with E-state index in [-0.39, 0.29) is 17.8 Å². The average molecular weight is 352 g/mol. The summed E-state index contributed by atoms with van der Waals surface area (Å²) < 4.78 is 5.09. The van der Waals surface area contributed by atoms with Crippen LogP contribution in [0.25, 0.3) is 6.08 Å². The Morgan fingerprint density at radius 2 is 2.17 bits per heavy atom. The largest absolute Gasteiger partial charge is 0.469 e. The molecule has 0 aromatic heterocycles. The van der Waals surface area contributed by atoms with Gasteiger partial charge in [0.15, 0.2) is 0 Å². The third kappa shape index (κ3) is 2.41. The van der Waals surface area contributed by atoms with E-state index in [1.54, 1.807) is 6.07 Å². The van der Waals surface area contributed by atoms with Crippen molar-refractivity contribution < 1.29 is 9.53 Å². The summed E-state index contributed by atoms with van der Waals surface area (Å²) >= 11 is 12.5. The van der Waals surface area contributed by atoms with Crippen LogP contribution in [-0.4, -0.2) is 36.6 Å². The van der Waals surface area contributed by atoms with Crippen molar-refractivity contribution >= 4 is 35.2 Å². The van der Waals surface area contributed by atoms with Gasteiger partial charge in [-0.25, -0.2) is 0 Å². The Kier molecular flexibility index (Phi) is 3.91. The van der Waals surface area contributed by atoms with Crippen LogP contribution in [0.2, 0.25) is 10.0 Å². The average Bonchev–Trinajstić information content (AvgIpc) is 2.86. The molecule has 0 radical (unpaired) electrons. The van der Waals surface area contributed by atoms with E-state index in [1.165, 1.54) is 19.1 Å². The minimum absolute atomic E-state index is 0.0447. The summed E-state index contributed by atoms with van der Waals surface area (Å²) in [5.74, 6) is 0.143. The molecule has 5 unspecified atom stereocenters. The van der Waals surface area contributed by atoms with Crippen LogP contribution >= 0.6 is 23.2 Å². The molecule has 122 valence electrons. The molecule has 4 bridgehead atoms. The smallest absolute Gasteiger partial charge is 0.310 e. The number of piperidine rings is 3. The number of ether oxygens (including phenoxy) is 1. The molecule has 23 heavy (non-hydrogen) atoms. The molecule has 1 aromatic rings. The molecule has 0 N–H and O–H groups in total. The normalized spacial score (nSPS) is 36.5. The highest BCUT2D eigenvalue weighted by Gasteiger charge is 2.55. The fourth-order valence-electron chi connectivity index (χ4n) is 4.71. The number of methoxy groups -OCH3 is 1. The molecule has 4 fully saturated rings. The van der Waals surface area contributed by atoms with E-state index in [0.717, 1.165) is 24.9 Å². The second-order valence-electron chi connectivity index (χ2n) is 6.72. The van der Waals surface area contributed by atoms with Crippen molar-refractivity contribution in [1.82, 2.24) is 4.90 Å². The van der Waals surface area contributed by atoms with Crippen LogP contribution in [-0.2, 0) is 9.53 Å². The predicted octanol–water partition coefficient (Wildman–Crippen LogP) is 4.03. The SMILES string of the molecule is COC(=O)C1C2CC3CCC1N3C/C2=C\c1cccc(Cl)c1Cl. The van der Waals surface area contributed by atoms with Gasteiger partial charge in [0.2, 0.25) is 0 Å². The molecular weight excluding hydrogens is 333 g/mol. The van der Waals surface area contributed by atoms with Gasteiger partial charge < -0.3 is 4.74 Å². The third-order valence-corrected chi connectivity index (χ3v) is 6.54. The van der Waals surface area contributed by atoms with Gasteiger partial charge in [-0.2, -0.15) is 0 Å². The van der Waals surface area contributed by atoms with Gasteiger partial charge in [-0.15, -0.1) is 0 Å². The minimum Gasteiger partial charge on any atom is -0.469 e. The van der Waals surface area contributed by atoms with Gasteiger partial charge in [0, 0.05) is 18.6 Å². The highest BCUT2D eigenvalue weighted by molar-refractivity contribution is 6.42. The van der Waals surface area contributed by atoms with Crippen LogP contribution in [0.3, 0.4) is 0 Å². The van der Waals surface area contributed by atoms with Crippen LogP contribution in [0.4, 0.5) is 0 Å². The van der Waals surface area contributed by atoms with E-state index >= 15 is 0 Å². The first-order valence-corrected chi connectivity index (χ1v) is 8.83. The molecule has 4 aliphatic rings. The summed E-state index contributed by atoms with van der Waals surface area (Å²) in [6, 6.07) is 6.64. The lowest BCUT2D eigenvalue weighted by atomic mass is 9.71. The van der Waals surface area contributed by atoms with Crippen molar-refractivity contribution in [3.8, 4) is 0 Å². The molecule has 0 spiro atoms. The van der Waals surface area contributed by atoms with Crippen molar-refractivity contribution in [2.24, 2.45) is 11.8 Å². The Bertz CT molecular complexity index is 688. The lowest BCUT2D eigenvalue weighted by Crippen LogP contribution is -2.58. The van der Waals surface area contributed by atoms with E-state index < -0.39 is 0 Å². The highest BCUT2D eigenvalue weighted by atomic mass is 35.5. The van der Waals surface area contributed by atoms with Crippen molar-refractivity contribution in [3.05, 3.63) is 39.4 Å². The van der Waals surface area contributed by atoms with Crippen LogP contribution in [0.5, 0.6) is 0 Å². The van der Waals surface area contributed by atoms with Gasteiger partial charge in [-0.3, -0.25) is 9.69 Å². The molecule has 0 aliphatic carbocycles. The van der Waals surface area contributed by atoms with Gasteiger partial charge in [0.25, 0.3) is 0 Å². The number of fused-ring (bicyclic) bond motifs is 1. The first-order valence-electron chi connectivity index (χ1n) is 8.08.